The normalized spacial score (nSPS) is 33.7. The summed E-state index contributed by atoms with van der Waals surface area (Å²) in [6.45, 7) is 7.32. The van der Waals surface area contributed by atoms with E-state index in [0.29, 0.717) is 30.5 Å². The van der Waals surface area contributed by atoms with Gasteiger partial charge in [-0.15, -0.1) is 11.8 Å². The number of benzene rings is 1. The number of hydrogen-bond acceptors (Lipinski definition) is 6. The fourth-order valence-corrected chi connectivity index (χ4v) is 8.13. The first-order valence-corrected chi connectivity index (χ1v) is 14.4. The molecule has 2 bridgehead atoms. The van der Waals surface area contributed by atoms with Gasteiger partial charge in [-0.05, 0) is 49.0 Å². The summed E-state index contributed by atoms with van der Waals surface area (Å²) >= 11 is 1.50. The molecular formula is C28H38N2O5S. The maximum absolute atomic E-state index is 13.6. The lowest BCUT2D eigenvalue weighted by atomic mass is 9.70. The fourth-order valence-electron chi connectivity index (χ4n) is 6.97. The second-order valence-electron chi connectivity index (χ2n) is 11.8. The molecule has 2 aliphatic carbocycles. The third kappa shape index (κ3) is 4.24. The smallest absolute Gasteiger partial charge is 0.329 e. The van der Waals surface area contributed by atoms with Crippen molar-refractivity contribution in [1.82, 2.24) is 9.80 Å². The number of thioether (sulfide) groups is 1. The van der Waals surface area contributed by atoms with Crippen LogP contribution in [-0.2, 0) is 25.5 Å². The minimum atomic E-state index is -1.21. The van der Waals surface area contributed by atoms with E-state index >= 15 is 0 Å². The van der Waals surface area contributed by atoms with Crippen molar-refractivity contribution in [3.63, 3.8) is 0 Å². The molecule has 196 valence electrons. The molecule has 6 atom stereocenters. The van der Waals surface area contributed by atoms with E-state index in [0.717, 1.165) is 24.8 Å². The Morgan fingerprint density at radius 1 is 1.11 bits per heavy atom. The van der Waals surface area contributed by atoms with Crippen molar-refractivity contribution in [3.05, 3.63) is 35.9 Å². The van der Waals surface area contributed by atoms with E-state index in [2.05, 4.69) is 20.8 Å². The first-order valence-electron chi connectivity index (χ1n) is 13.2. The second kappa shape index (κ2) is 9.67. The van der Waals surface area contributed by atoms with Crippen molar-refractivity contribution >= 4 is 29.5 Å². The van der Waals surface area contributed by atoms with Crippen molar-refractivity contribution in [2.75, 3.05) is 18.2 Å². The zero-order chi connectivity index (χ0) is 25.7. The maximum atomic E-state index is 13.6. The van der Waals surface area contributed by atoms with Gasteiger partial charge < -0.3 is 19.6 Å². The summed E-state index contributed by atoms with van der Waals surface area (Å²) in [5.74, 6) is 0.456. The highest BCUT2D eigenvalue weighted by Gasteiger charge is 2.63. The molecule has 6 unspecified atom stereocenters. The van der Waals surface area contributed by atoms with Gasteiger partial charge in [-0.1, -0.05) is 51.1 Å². The van der Waals surface area contributed by atoms with Crippen LogP contribution in [0, 0.1) is 16.7 Å². The lowest BCUT2D eigenvalue weighted by molar-refractivity contribution is -0.165. The summed E-state index contributed by atoms with van der Waals surface area (Å²) in [5.41, 5.74) is 0.986. The number of carbonyl (C=O) groups excluding carboxylic acids is 3. The summed E-state index contributed by atoms with van der Waals surface area (Å²) in [6, 6.07) is 8.11. The topological polar surface area (TPSA) is 87.2 Å². The molecule has 8 heteroatoms. The Morgan fingerprint density at radius 2 is 1.86 bits per heavy atom. The van der Waals surface area contributed by atoms with Gasteiger partial charge in [-0.25, -0.2) is 4.79 Å². The zero-order valence-corrected chi connectivity index (χ0v) is 22.3. The number of rotatable bonds is 6. The van der Waals surface area contributed by atoms with Gasteiger partial charge in [0.05, 0.1) is 5.88 Å². The number of ether oxygens (including phenoxy) is 1. The minimum absolute atomic E-state index is 0.0268. The largest absolute Gasteiger partial charge is 0.460 e. The Kier molecular flexibility index (Phi) is 6.87. The van der Waals surface area contributed by atoms with Crippen LogP contribution in [0.5, 0.6) is 0 Å². The molecule has 2 heterocycles. The number of carbonyl (C=O) groups is 3. The number of amides is 2. The first kappa shape index (κ1) is 25.6. The van der Waals surface area contributed by atoms with E-state index in [1.54, 1.807) is 4.90 Å². The third-order valence-electron chi connectivity index (χ3n) is 9.79. The predicted octanol–water partition coefficient (Wildman–Crippen LogP) is 3.24. The number of esters is 1. The third-order valence-corrected chi connectivity index (χ3v) is 10.8. The Balaban J connectivity index is 1.24. The average molecular weight is 515 g/mol. The monoisotopic (exact) mass is 514 g/mol. The summed E-state index contributed by atoms with van der Waals surface area (Å²) in [5, 5.41) is 10.6. The van der Waals surface area contributed by atoms with Gasteiger partial charge >= 0.3 is 5.97 Å². The summed E-state index contributed by atoms with van der Waals surface area (Å²) in [6.07, 6.45) is 3.38. The van der Waals surface area contributed by atoms with Crippen LogP contribution in [0.2, 0.25) is 0 Å². The van der Waals surface area contributed by atoms with Crippen LogP contribution in [0.25, 0.3) is 0 Å². The molecule has 4 fully saturated rings. The molecular weight excluding hydrogens is 476 g/mol. The van der Waals surface area contributed by atoms with Gasteiger partial charge in [0, 0.05) is 24.1 Å². The van der Waals surface area contributed by atoms with E-state index in [4.69, 9.17) is 4.74 Å². The van der Waals surface area contributed by atoms with Crippen LogP contribution in [0.1, 0.15) is 58.4 Å². The van der Waals surface area contributed by atoms with Crippen molar-refractivity contribution in [2.45, 2.75) is 83.6 Å². The molecule has 1 N–H and O–H groups in total. The highest BCUT2D eigenvalue weighted by Crippen LogP contribution is 2.66. The van der Waals surface area contributed by atoms with Gasteiger partial charge in [-0.2, -0.15) is 0 Å². The Bertz CT molecular complexity index is 1020. The lowest BCUT2D eigenvalue weighted by Crippen LogP contribution is -2.54. The van der Waals surface area contributed by atoms with Crippen molar-refractivity contribution in [2.24, 2.45) is 16.7 Å². The molecule has 1 aromatic rings. The minimum Gasteiger partial charge on any atom is -0.460 e. The molecule has 2 saturated carbocycles. The molecule has 0 radical (unpaired) electrons. The summed E-state index contributed by atoms with van der Waals surface area (Å²) in [7, 11) is 0. The standard InChI is InChI=1S/C28H38N2O5S/c1-27(2)19-11-12-28(27,3)23(15-19)35-26(34)20-10-7-13-29(20)24(32)21-16-36-17-30(21)25(33)22(31)14-18-8-5-4-6-9-18/h4-6,8-9,19-23,31H,7,10-17H2,1-3H3. The SMILES string of the molecule is CC1(C)C2CCC1(C)C(OC(=O)C1CCCN1C(=O)C1CSCN1C(=O)C(O)Cc1ccccc1)C2. The quantitative estimate of drug-likeness (QED) is 0.587. The van der Waals surface area contributed by atoms with Crippen LogP contribution < -0.4 is 0 Å². The molecule has 0 aromatic heterocycles. The molecule has 4 aliphatic rings. The van der Waals surface area contributed by atoms with E-state index in [1.165, 1.54) is 23.1 Å². The van der Waals surface area contributed by atoms with Crippen molar-refractivity contribution < 1.29 is 24.2 Å². The van der Waals surface area contributed by atoms with E-state index in [9.17, 15) is 19.5 Å². The van der Waals surface area contributed by atoms with Crippen LogP contribution in [0.3, 0.4) is 0 Å². The fraction of sp³-hybridized carbons (Fsp3) is 0.679. The molecule has 36 heavy (non-hydrogen) atoms. The van der Waals surface area contributed by atoms with Crippen molar-refractivity contribution in [1.29, 1.82) is 0 Å². The number of nitrogens with zero attached hydrogens (tertiary/aromatic N) is 2. The van der Waals surface area contributed by atoms with Crippen molar-refractivity contribution in [3.8, 4) is 0 Å². The predicted molar refractivity (Wildman–Crippen MR) is 138 cm³/mol. The zero-order valence-electron chi connectivity index (χ0n) is 21.5. The second-order valence-corrected chi connectivity index (χ2v) is 12.8. The van der Waals surface area contributed by atoms with Gasteiger partial charge in [0.25, 0.3) is 5.91 Å². The molecule has 0 spiro atoms. The highest BCUT2D eigenvalue weighted by molar-refractivity contribution is 7.99. The molecule has 1 aromatic carbocycles. The number of aliphatic hydroxyl groups is 1. The molecule has 2 aliphatic heterocycles. The van der Waals surface area contributed by atoms with E-state index in [1.807, 2.05) is 30.3 Å². The number of likely N-dealkylation sites (tertiary alicyclic amines) is 1. The number of hydrogen-bond donors (Lipinski definition) is 1. The first-order chi connectivity index (χ1) is 17.1. The molecule has 2 saturated heterocycles. The van der Waals surface area contributed by atoms with Crippen LogP contribution in [0.15, 0.2) is 30.3 Å². The molecule has 2 amide bonds. The molecule has 5 rings (SSSR count). The van der Waals surface area contributed by atoms with Crippen LogP contribution >= 0.6 is 11.8 Å². The van der Waals surface area contributed by atoms with E-state index in [-0.39, 0.29) is 35.2 Å². The van der Waals surface area contributed by atoms with Gasteiger partial charge in [0.1, 0.15) is 24.3 Å². The van der Waals surface area contributed by atoms with Crippen LogP contribution in [-0.4, -0.2) is 75.2 Å². The summed E-state index contributed by atoms with van der Waals surface area (Å²) in [4.78, 5) is 43.2. The highest BCUT2D eigenvalue weighted by atomic mass is 32.2. The molecule has 7 nitrogen and oxygen atoms in total. The number of aliphatic hydroxyl groups excluding tert-OH is 1. The van der Waals surface area contributed by atoms with Crippen LogP contribution in [0.4, 0.5) is 0 Å². The van der Waals surface area contributed by atoms with E-state index < -0.39 is 24.1 Å². The van der Waals surface area contributed by atoms with Gasteiger partial charge in [-0.3, -0.25) is 9.59 Å². The maximum Gasteiger partial charge on any atom is 0.329 e. The Labute approximate surface area is 217 Å². The Hall–Kier alpha value is -2.06. The summed E-state index contributed by atoms with van der Waals surface area (Å²) < 4.78 is 6.13. The lowest BCUT2D eigenvalue weighted by Gasteiger charge is -2.39. The number of fused-ring (bicyclic) bond motifs is 2. The van der Waals surface area contributed by atoms with Gasteiger partial charge in [0.2, 0.25) is 5.91 Å². The Morgan fingerprint density at radius 3 is 2.53 bits per heavy atom. The van der Waals surface area contributed by atoms with Gasteiger partial charge in [0.15, 0.2) is 0 Å². The average Bonchev–Trinajstić information content (AvgIpc) is 3.61.